The van der Waals surface area contributed by atoms with Gasteiger partial charge in [-0.05, 0) is 26.0 Å². The second-order valence-corrected chi connectivity index (χ2v) is 4.56. The fourth-order valence-corrected chi connectivity index (χ4v) is 1.77. The Morgan fingerprint density at radius 3 is 2.22 bits per heavy atom. The van der Waals surface area contributed by atoms with Gasteiger partial charge in [0.25, 0.3) is 0 Å². The summed E-state index contributed by atoms with van der Waals surface area (Å²) in [7, 11) is 2.94. The van der Waals surface area contributed by atoms with Crippen molar-refractivity contribution >= 4 is 0 Å². The molecule has 0 aromatic heterocycles. The number of rotatable bonds is 5. The number of hydrogen-bond acceptors (Lipinski definition) is 4. The Morgan fingerprint density at radius 1 is 1.28 bits per heavy atom. The third kappa shape index (κ3) is 2.91. The van der Waals surface area contributed by atoms with Crippen LogP contribution in [0.1, 0.15) is 31.0 Å². The molecule has 5 heteroatoms. The van der Waals surface area contributed by atoms with Gasteiger partial charge in [0.1, 0.15) is 17.2 Å². The molecular formula is C13H20FNO3. The van der Waals surface area contributed by atoms with Gasteiger partial charge in [-0.1, -0.05) is 0 Å². The Morgan fingerprint density at radius 2 is 1.83 bits per heavy atom. The monoisotopic (exact) mass is 257 g/mol. The van der Waals surface area contributed by atoms with E-state index in [1.54, 1.807) is 12.1 Å². The number of ether oxygens (including phenoxy) is 2. The van der Waals surface area contributed by atoms with Crippen molar-refractivity contribution in [2.75, 3.05) is 20.8 Å². The minimum Gasteiger partial charge on any atom is -0.496 e. The number of methoxy groups -OCH3 is 2. The van der Waals surface area contributed by atoms with Crippen LogP contribution in [0.2, 0.25) is 0 Å². The van der Waals surface area contributed by atoms with Crippen molar-refractivity contribution in [3.05, 3.63) is 23.3 Å². The van der Waals surface area contributed by atoms with Crippen LogP contribution < -0.4 is 15.2 Å². The Kier molecular flexibility index (Phi) is 4.53. The van der Waals surface area contributed by atoms with E-state index in [0.717, 1.165) is 0 Å². The van der Waals surface area contributed by atoms with Crippen LogP contribution >= 0.6 is 0 Å². The predicted molar refractivity (Wildman–Crippen MR) is 67.7 cm³/mol. The maximum Gasteiger partial charge on any atom is 0.134 e. The fourth-order valence-electron chi connectivity index (χ4n) is 1.77. The molecule has 18 heavy (non-hydrogen) atoms. The highest BCUT2D eigenvalue weighted by Crippen LogP contribution is 2.39. The lowest BCUT2D eigenvalue weighted by molar-refractivity contribution is 0.212. The summed E-state index contributed by atoms with van der Waals surface area (Å²) in [5.74, 6) is 0.834. The van der Waals surface area contributed by atoms with Crippen LogP contribution in [-0.2, 0) is 5.67 Å². The van der Waals surface area contributed by atoms with Crippen LogP contribution in [0, 0.1) is 0 Å². The summed E-state index contributed by atoms with van der Waals surface area (Å²) in [4.78, 5) is 0. The van der Waals surface area contributed by atoms with Crippen molar-refractivity contribution in [2.24, 2.45) is 5.73 Å². The molecule has 102 valence electrons. The quantitative estimate of drug-likeness (QED) is 0.845. The molecular weight excluding hydrogens is 237 g/mol. The highest BCUT2D eigenvalue weighted by molar-refractivity contribution is 5.50. The number of hydrogen-bond donors (Lipinski definition) is 2. The van der Waals surface area contributed by atoms with Crippen molar-refractivity contribution in [3.8, 4) is 11.5 Å². The molecule has 3 N–H and O–H groups in total. The van der Waals surface area contributed by atoms with Crippen LogP contribution in [-0.4, -0.2) is 25.9 Å². The minimum atomic E-state index is -1.56. The zero-order chi connectivity index (χ0) is 13.9. The van der Waals surface area contributed by atoms with Crippen molar-refractivity contribution in [2.45, 2.75) is 25.6 Å². The maximum absolute atomic E-state index is 14.1. The zero-order valence-electron chi connectivity index (χ0n) is 11.2. The number of aliphatic hydroxyl groups excluding tert-OH is 1. The summed E-state index contributed by atoms with van der Waals surface area (Å²) in [6.45, 7) is 2.66. The summed E-state index contributed by atoms with van der Waals surface area (Å²) in [6.07, 6.45) is 0. The SMILES string of the molecule is COc1cc(C(C)(C)F)c(OC)cc1C(N)CO. The van der Waals surface area contributed by atoms with Crippen LogP contribution in [0.3, 0.4) is 0 Å². The molecule has 1 aromatic carbocycles. The molecule has 0 radical (unpaired) electrons. The zero-order valence-corrected chi connectivity index (χ0v) is 11.2. The second kappa shape index (κ2) is 5.54. The molecule has 1 atom stereocenters. The van der Waals surface area contributed by atoms with Gasteiger partial charge < -0.3 is 20.3 Å². The molecule has 1 aromatic rings. The minimum absolute atomic E-state index is 0.224. The van der Waals surface area contributed by atoms with E-state index < -0.39 is 11.7 Å². The van der Waals surface area contributed by atoms with E-state index in [2.05, 4.69) is 0 Å². The summed E-state index contributed by atoms with van der Waals surface area (Å²) in [5.41, 5.74) is 5.19. The van der Waals surface area contributed by atoms with E-state index in [1.807, 2.05) is 0 Å². The van der Waals surface area contributed by atoms with Gasteiger partial charge in [0.05, 0.1) is 26.9 Å². The Balaban J connectivity index is 3.42. The number of benzene rings is 1. The smallest absolute Gasteiger partial charge is 0.134 e. The summed E-state index contributed by atoms with van der Waals surface area (Å²) >= 11 is 0. The molecule has 1 rings (SSSR count). The number of alkyl halides is 1. The van der Waals surface area contributed by atoms with Gasteiger partial charge in [-0.25, -0.2) is 4.39 Å². The van der Waals surface area contributed by atoms with E-state index in [9.17, 15) is 4.39 Å². The summed E-state index contributed by atoms with van der Waals surface area (Å²) in [5, 5.41) is 9.11. The molecule has 0 aliphatic carbocycles. The molecule has 0 aliphatic heterocycles. The molecule has 0 saturated heterocycles. The van der Waals surface area contributed by atoms with Gasteiger partial charge in [0.2, 0.25) is 0 Å². The number of halogens is 1. The van der Waals surface area contributed by atoms with Crippen LogP contribution in [0.4, 0.5) is 4.39 Å². The summed E-state index contributed by atoms with van der Waals surface area (Å²) in [6, 6.07) is 2.57. The Hall–Kier alpha value is -1.33. The Bertz CT molecular complexity index is 415. The molecule has 0 bridgehead atoms. The van der Waals surface area contributed by atoms with E-state index in [4.69, 9.17) is 20.3 Å². The molecule has 0 amide bonds. The van der Waals surface area contributed by atoms with Crippen molar-refractivity contribution in [1.82, 2.24) is 0 Å². The van der Waals surface area contributed by atoms with Crippen LogP contribution in [0.25, 0.3) is 0 Å². The van der Waals surface area contributed by atoms with E-state index in [-0.39, 0.29) is 6.61 Å². The topological polar surface area (TPSA) is 64.7 Å². The largest absolute Gasteiger partial charge is 0.496 e. The maximum atomic E-state index is 14.1. The number of aliphatic hydroxyl groups is 1. The lowest BCUT2D eigenvalue weighted by atomic mass is 9.95. The lowest BCUT2D eigenvalue weighted by Gasteiger charge is -2.22. The van der Waals surface area contributed by atoms with Crippen LogP contribution in [0.15, 0.2) is 12.1 Å². The predicted octanol–water partition coefficient (Wildman–Crippen LogP) is 1.90. The first-order valence-corrected chi connectivity index (χ1v) is 5.66. The van der Waals surface area contributed by atoms with E-state index in [0.29, 0.717) is 22.6 Å². The highest BCUT2D eigenvalue weighted by Gasteiger charge is 2.26. The highest BCUT2D eigenvalue weighted by atomic mass is 19.1. The standard InChI is InChI=1S/C13H20FNO3/c1-13(2,14)9-6-11(17-3)8(10(15)7-16)5-12(9)18-4/h5-6,10,16H,7,15H2,1-4H3. The molecule has 0 saturated carbocycles. The third-order valence-electron chi connectivity index (χ3n) is 2.79. The Labute approximate surface area is 107 Å². The molecule has 0 fully saturated rings. The molecule has 1 unspecified atom stereocenters. The first-order chi connectivity index (χ1) is 8.35. The van der Waals surface area contributed by atoms with Crippen molar-refractivity contribution in [1.29, 1.82) is 0 Å². The van der Waals surface area contributed by atoms with Crippen molar-refractivity contribution < 1.29 is 19.0 Å². The molecule has 0 heterocycles. The second-order valence-electron chi connectivity index (χ2n) is 4.56. The molecule has 0 aliphatic rings. The van der Waals surface area contributed by atoms with E-state index >= 15 is 0 Å². The number of nitrogens with two attached hydrogens (primary N) is 1. The van der Waals surface area contributed by atoms with Gasteiger partial charge in [0.15, 0.2) is 0 Å². The van der Waals surface area contributed by atoms with Gasteiger partial charge in [0, 0.05) is 11.1 Å². The fraction of sp³-hybridized carbons (Fsp3) is 0.538. The van der Waals surface area contributed by atoms with Gasteiger partial charge in [-0.15, -0.1) is 0 Å². The normalized spacial score (nSPS) is 13.3. The summed E-state index contributed by atoms with van der Waals surface area (Å²) < 4.78 is 24.4. The van der Waals surface area contributed by atoms with Gasteiger partial charge in [-0.3, -0.25) is 0 Å². The molecule has 0 spiro atoms. The first-order valence-electron chi connectivity index (χ1n) is 5.66. The van der Waals surface area contributed by atoms with Gasteiger partial charge >= 0.3 is 0 Å². The van der Waals surface area contributed by atoms with Crippen LogP contribution in [0.5, 0.6) is 11.5 Å². The average Bonchev–Trinajstić information content (AvgIpc) is 2.34. The van der Waals surface area contributed by atoms with Gasteiger partial charge in [-0.2, -0.15) is 0 Å². The lowest BCUT2D eigenvalue weighted by Crippen LogP contribution is -2.18. The average molecular weight is 257 g/mol. The van der Waals surface area contributed by atoms with Crippen molar-refractivity contribution in [3.63, 3.8) is 0 Å². The third-order valence-corrected chi connectivity index (χ3v) is 2.79. The first kappa shape index (κ1) is 14.7. The van der Waals surface area contributed by atoms with E-state index in [1.165, 1.54) is 28.1 Å². The molecule has 4 nitrogen and oxygen atoms in total.